The lowest BCUT2D eigenvalue weighted by Crippen LogP contribution is -2.43. The number of hydrogen-bond donors (Lipinski definition) is 3. The summed E-state index contributed by atoms with van der Waals surface area (Å²) in [4.78, 5) is 2.05. The van der Waals surface area contributed by atoms with Crippen LogP contribution in [0, 0.1) is 11.3 Å². The van der Waals surface area contributed by atoms with Crippen LogP contribution in [-0.2, 0) is 0 Å². The van der Waals surface area contributed by atoms with Gasteiger partial charge in [-0.3, -0.25) is 5.41 Å². The predicted molar refractivity (Wildman–Crippen MR) is 74.5 cm³/mol. The van der Waals surface area contributed by atoms with Crippen LogP contribution in [0.4, 0.5) is 5.69 Å². The summed E-state index contributed by atoms with van der Waals surface area (Å²) in [5.74, 6) is 0.330. The Bertz CT molecular complexity index is 464. The normalized spacial score (nSPS) is 24.1. The number of nitrogens with two attached hydrogens (primary N) is 1. The highest BCUT2D eigenvalue weighted by Crippen LogP contribution is 2.28. The average molecular weight is 268 g/mol. The summed E-state index contributed by atoms with van der Waals surface area (Å²) < 4.78 is 0. The van der Waals surface area contributed by atoms with Crippen LogP contribution >= 0.6 is 11.6 Å². The number of β-amino-alcohol motifs (C(OH)–C–C–N with tert-alkyl or cyclic N) is 1. The molecule has 5 heteroatoms. The van der Waals surface area contributed by atoms with Crippen LogP contribution in [0.5, 0.6) is 0 Å². The molecule has 0 saturated carbocycles. The Kier molecular flexibility index (Phi) is 3.78. The molecule has 4 N–H and O–H groups in total. The third kappa shape index (κ3) is 2.60. The van der Waals surface area contributed by atoms with Gasteiger partial charge < -0.3 is 15.7 Å². The molecule has 1 aromatic carbocycles. The Balaban J connectivity index is 2.32. The molecule has 1 fully saturated rings. The van der Waals surface area contributed by atoms with E-state index in [-0.39, 0.29) is 11.9 Å². The molecule has 0 spiro atoms. The molecule has 1 aromatic rings. The van der Waals surface area contributed by atoms with Gasteiger partial charge in [-0.15, -0.1) is 0 Å². The summed E-state index contributed by atoms with van der Waals surface area (Å²) in [7, 11) is 0. The van der Waals surface area contributed by atoms with Crippen molar-refractivity contribution in [2.24, 2.45) is 11.7 Å². The van der Waals surface area contributed by atoms with Crippen LogP contribution in [0.25, 0.3) is 0 Å². The number of piperidine rings is 1. The first-order valence-corrected chi connectivity index (χ1v) is 6.44. The molecule has 0 aromatic heterocycles. The van der Waals surface area contributed by atoms with E-state index in [9.17, 15) is 5.11 Å². The number of halogens is 1. The van der Waals surface area contributed by atoms with Crippen molar-refractivity contribution in [3.05, 3.63) is 28.8 Å². The molecule has 0 bridgehead atoms. The second kappa shape index (κ2) is 5.16. The molecule has 1 aliphatic rings. The van der Waals surface area contributed by atoms with Crippen molar-refractivity contribution in [2.45, 2.75) is 19.4 Å². The van der Waals surface area contributed by atoms with E-state index in [2.05, 4.69) is 0 Å². The van der Waals surface area contributed by atoms with Crippen molar-refractivity contribution in [1.82, 2.24) is 0 Å². The van der Waals surface area contributed by atoms with Crippen LogP contribution in [0.15, 0.2) is 18.2 Å². The molecule has 18 heavy (non-hydrogen) atoms. The van der Waals surface area contributed by atoms with Gasteiger partial charge in [0.25, 0.3) is 0 Å². The molecule has 0 radical (unpaired) electrons. The largest absolute Gasteiger partial charge is 0.391 e. The zero-order chi connectivity index (χ0) is 13.3. The number of aliphatic hydroxyl groups is 1. The van der Waals surface area contributed by atoms with Crippen LogP contribution in [-0.4, -0.2) is 30.1 Å². The smallest absolute Gasteiger partial charge is 0.124 e. The Hall–Kier alpha value is -1.26. The molecule has 4 nitrogen and oxygen atoms in total. The summed E-state index contributed by atoms with van der Waals surface area (Å²) in [6.07, 6.45) is 0.572. The highest BCUT2D eigenvalue weighted by atomic mass is 35.5. The first kappa shape index (κ1) is 13.2. The SMILES string of the molecule is CC1CCN(c2cc(Cl)ccc2C(=N)N)CC1O. The number of rotatable bonds is 2. The minimum atomic E-state index is -0.350. The Labute approximate surface area is 112 Å². The highest BCUT2D eigenvalue weighted by Gasteiger charge is 2.26. The van der Waals surface area contributed by atoms with Gasteiger partial charge in [0.05, 0.1) is 6.10 Å². The topological polar surface area (TPSA) is 73.3 Å². The van der Waals surface area contributed by atoms with Gasteiger partial charge in [0.2, 0.25) is 0 Å². The van der Waals surface area contributed by atoms with E-state index >= 15 is 0 Å². The first-order chi connectivity index (χ1) is 8.49. The lowest BCUT2D eigenvalue weighted by atomic mass is 9.95. The van der Waals surface area contributed by atoms with E-state index < -0.39 is 0 Å². The number of nitrogen functional groups attached to an aromatic ring is 1. The maximum Gasteiger partial charge on any atom is 0.124 e. The van der Waals surface area contributed by atoms with Crippen molar-refractivity contribution in [3.8, 4) is 0 Å². The van der Waals surface area contributed by atoms with Crippen LogP contribution in [0.2, 0.25) is 5.02 Å². The van der Waals surface area contributed by atoms with Crippen molar-refractivity contribution in [1.29, 1.82) is 5.41 Å². The Morgan fingerprint density at radius 3 is 2.89 bits per heavy atom. The lowest BCUT2D eigenvalue weighted by Gasteiger charge is -2.36. The fourth-order valence-corrected chi connectivity index (χ4v) is 2.43. The third-order valence-electron chi connectivity index (χ3n) is 3.51. The van der Waals surface area contributed by atoms with E-state index in [4.69, 9.17) is 22.7 Å². The van der Waals surface area contributed by atoms with Crippen LogP contribution in [0.3, 0.4) is 0 Å². The zero-order valence-corrected chi connectivity index (χ0v) is 11.1. The minimum absolute atomic E-state index is 0.0229. The zero-order valence-electron chi connectivity index (χ0n) is 10.4. The predicted octanol–water partition coefficient (Wildman–Crippen LogP) is 1.83. The van der Waals surface area contributed by atoms with Gasteiger partial charge in [0.15, 0.2) is 0 Å². The second-order valence-electron chi connectivity index (χ2n) is 4.85. The molecule has 1 heterocycles. The fourth-order valence-electron chi connectivity index (χ4n) is 2.26. The molecule has 98 valence electrons. The molecule has 2 rings (SSSR count). The maximum atomic E-state index is 9.95. The molecule has 2 unspecified atom stereocenters. The van der Waals surface area contributed by atoms with Crippen LogP contribution < -0.4 is 10.6 Å². The Morgan fingerprint density at radius 1 is 1.56 bits per heavy atom. The van der Waals surface area contributed by atoms with E-state index in [1.165, 1.54) is 0 Å². The fraction of sp³-hybridized carbons (Fsp3) is 0.462. The number of benzene rings is 1. The quantitative estimate of drug-likeness (QED) is 0.565. The number of aliphatic hydroxyl groups excluding tert-OH is 1. The van der Waals surface area contributed by atoms with Crippen molar-refractivity contribution in [2.75, 3.05) is 18.0 Å². The molecular formula is C13H18ClN3O. The number of hydrogen-bond acceptors (Lipinski definition) is 3. The van der Waals surface area contributed by atoms with Gasteiger partial charge in [-0.2, -0.15) is 0 Å². The summed E-state index contributed by atoms with van der Waals surface area (Å²) in [6.45, 7) is 3.45. The summed E-state index contributed by atoms with van der Waals surface area (Å²) >= 11 is 6.01. The van der Waals surface area contributed by atoms with E-state index in [0.717, 1.165) is 18.7 Å². The van der Waals surface area contributed by atoms with Gasteiger partial charge in [-0.1, -0.05) is 18.5 Å². The van der Waals surface area contributed by atoms with Crippen molar-refractivity contribution < 1.29 is 5.11 Å². The van der Waals surface area contributed by atoms with Gasteiger partial charge in [0, 0.05) is 29.4 Å². The molecule has 2 atom stereocenters. The standard InChI is InChI=1S/C13H18ClN3O/c1-8-4-5-17(7-12(8)18)11-6-9(14)2-3-10(11)13(15)16/h2-3,6,8,12,18H,4-5,7H2,1H3,(H3,15,16). The van der Waals surface area contributed by atoms with E-state index in [0.29, 0.717) is 23.0 Å². The first-order valence-electron chi connectivity index (χ1n) is 6.06. The average Bonchev–Trinajstić information content (AvgIpc) is 2.32. The number of nitrogens with zero attached hydrogens (tertiary/aromatic N) is 1. The summed E-state index contributed by atoms with van der Waals surface area (Å²) in [6, 6.07) is 5.29. The van der Waals surface area contributed by atoms with Crippen LogP contribution in [0.1, 0.15) is 18.9 Å². The highest BCUT2D eigenvalue weighted by molar-refractivity contribution is 6.31. The second-order valence-corrected chi connectivity index (χ2v) is 5.29. The number of anilines is 1. The molecule has 1 aliphatic heterocycles. The monoisotopic (exact) mass is 267 g/mol. The molecule has 1 saturated heterocycles. The van der Waals surface area contributed by atoms with E-state index in [1.807, 2.05) is 11.8 Å². The maximum absolute atomic E-state index is 9.95. The van der Waals surface area contributed by atoms with Gasteiger partial charge in [0.1, 0.15) is 5.84 Å². The summed E-state index contributed by atoms with van der Waals surface area (Å²) in [5.41, 5.74) is 7.09. The minimum Gasteiger partial charge on any atom is -0.391 e. The number of amidine groups is 1. The third-order valence-corrected chi connectivity index (χ3v) is 3.74. The van der Waals surface area contributed by atoms with Crippen molar-refractivity contribution in [3.63, 3.8) is 0 Å². The molecule has 0 amide bonds. The summed E-state index contributed by atoms with van der Waals surface area (Å²) in [5, 5.41) is 18.2. The van der Waals surface area contributed by atoms with Gasteiger partial charge in [-0.25, -0.2) is 0 Å². The molecule has 0 aliphatic carbocycles. The van der Waals surface area contributed by atoms with Gasteiger partial charge >= 0.3 is 0 Å². The lowest BCUT2D eigenvalue weighted by molar-refractivity contribution is 0.103. The van der Waals surface area contributed by atoms with Gasteiger partial charge in [-0.05, 0) is 30.5 Å². The Morgan fingerprint density at radius 2 is 2.28 bits per heavy atom. The van der Waals surface area contributed by atoms with E-state index in [1.54, 1.807) is 18.2 Å². The molecular weight excluding hydrogens is 250 g/mol. The number of nitrogens with one attached hydrogen (secondary N) is 1. The van der Waals surface area contributed by atoms with Crippen molar-refractivity contribution >= 4 is 23.1 Å².